The van der Waals surface area contributed by atoms with Gasteiger partial charge in [-0.3, -0.25) is 9.80 Å². The first-order valence-corrected chi connectivity index (χ1v) is 12.1. The van der Waals surface area contributed by atoms with Crippen LogP contribution in [0.3, 0.4) is 0 Å². The van der Waals surface area contributed by atoms with Gasteiger partial charge >= 0.3 is 6.09 Å². The van der Waals surface area contributed by atoms with E-state index in [0.717, 1.165) is 11.3 Å². The molecule has 10 nitrogen and oxygen atoms in total. The summed E-state index contributed by atoms with van der Waals surface area (Å²) in [6.45, 7) is 6.86. The molecule has 0 aliphatic carbocycles. The lowest BCUT2D eigenvalue weighted by atomic mass is 10.2. The molecule has 31 heavy (non-hydrogen) atoms. The topological polar surface area (TPSA) is 109 Å². The largest absolute Gasteiger partial charge is 0.443 e. The van der Waals surface area contributed by atoms with Crippen LogP contribution in [-0.4, -0.2) is 85.0 Å². The number of piperazine rings is 1. The number of anilines is 1. The number of hydrogen-bond donors (Lipinski definition) is 0. The van der Waals surface area contributed by atoms with Crippen LogP contribution in [0.2, 0.25) is 0 Å². The van der Waals surface area contributed by atoms with Gasteiger partial charge in [0.1, 0.15) is 6.10 Å². The molecular formula is C20H27N5O5S. The van der Waals surface area contributed by atoms with Crippen LogP contribution in [0.25, 0.3) is 11.4 Å². The summed E-state index contributed by atoms with van der Waals surface area (Å²) in [6.07, 6.45) is -0.0188. The maximum atomic E-state index is 12.4. The molecule has 2 saturated heterocycles. The van der Waals surface area contributed by atoms with Crippen molar-refractivity contribution in [3.05, 3.63) is 30.2 Å². The van der Waals surface area contributed by atoms with Crippen molar-refractivity contribution in [2.75, 3.05) is 49.9 Å². The van der Waals surface area contributed by atoms with Crippen molar-refractivity contribution >= 4 is 21.8 Å². The number of carbonyl (C=O) groups is 1. The monoisotopic (exact) mass is 449 g/mol. The fourth-order valence-electron chi connectivity index (χ4n) is 3.90. The number of amides is 1. The molecule has 3 heterocycles. The Morgan fingerprint density at radius 1 is 1.13 bits per heavy atom. The van der Waals surface area contributed by atoms with Crippen LogP contribution in [-0.2, 0) is 14.8 Å². The number of ether oxygens (including phenoxy) is 1. The molecule has 0 bridgehead atoms. The summed E-state index contributed by atoms with van der Waals surface area (Å²) in [5.41, 5.74) is 1.55. The molecule has 2 aliphatic heterocycles. The van der Waals surface area contributed by atoms with Crippen molar-refractivity contribution in [3.63, 3.8) is 0 Å². The SMILES string of the molecule is CCCS(=O)(=O)N1CCN(CC2CN(c3ccc(-c4noc(C)n4)cc3)C(=O)O2)CC1. The molecule has 0 spiro atoms. The van der Waals surface area contributed by atoms with Gasteiger partial charge in [0, 0.05) is 50.9 Å². The fraction of sp³-hybridized carbons (Fsp3) is 0.550. The van der Waals surface area contributed by atoms with Gasteiger partial charge in [-0.25, -0.2) is 13.2 Å². The van der Waals surface area contributed by atoms with Gasteiger partial charge in [-0.15, -0.1) is 0 Å². The van der Waals surface area contributed by atoms with E-state index in [1.165, 1.54) is 0 Å². The lowest BCUT2D eigenvalue weighted by Crippen LogP contribution is -2.51. The normalized spacial score (nSPS) is 20.9. The van der Waals surface area contributed by atoms with Crippen LogP contribution in [0, 0.1) is 6.92 Å². The summed E-state index contributed by atoms with van der Waals surface area (Å²) in [7, 11) is -3.16. The van der Waals surface area contributed by atoms with Gasteiger partial charge in [-0.2, -0.15) is 9.29 Å². The molecule has 0 N–H and O–H groups in total. The third kappa shape index (κ3) is 4.89. The van der Waals surface area contributed by atoms with Crippen LogP contribution >= 0.6 is 0 Å². The molecule has 2 fully saturated rings. The zero-order valence-electron chi connectivity index (χ0n) is 17.7. The highest BCUT2D eigenvalue weighted by Gasteiger charge is 2.35. The number of cyclic esters (lactones) is 1. The van der Waals surface area contributed by atoms with Gasteiger partial charge in [0.05, 0.1) is 12.3 Å². The van der Waals surface area contributed by atoms with Crippen LogP contribution < -0.4 is 4.90 Å². The summed E-state index contributed by atoms with van der Waals surface area (Å²) < 4.78 is 36.5. The highest BCUT2D eigenvalue weighted by molar-refractivity contribution is 7.89. The Morgan fingerprint density at radius 2 is 1.84 bits per heavy atom. The Bertz CT molecular complexity index is 1010. The predicted molar refractivity (Wildman–Crippen MR) is 114 cm³/mol. The number of rotatable bonds is 7. The third-order valence-electron chi connectivity index (χ3n) is 5.49. The quantitative estimate of drug-likeness (QED) is 0.629. The number of sulfonamides is 1. The van der Waals surface area contributed by atoms with Gasteiger partial charge < -0.3 is 9.26 Å². The van der Waals surface area contributed by atoms with E-state index in [2.05, 4.69) is 15.0 Å². The first-order valence-electron chi connectivity index (χ1n) is 10.4. The summed E-state index contributed by atoms with van der Waals surface area (Å²) in [6, 6.07) is 7.36. The Hall–Kier alpha value is -2.50. The predicted octanol–water partition coefficient (Wildman–Crippen LogP) is 1.73. The van der Waals surface area contributed by atoms with E-state index in [1.54, 1.807) is 16.1 Å². The minimum absolute atomic E-state index is 0.188. The van der Waals surface area contributed by atoms with E-state index >= 15 is 0 Å². The van der Waals surface area contributed by atoms with Crippen molar-refractivity contribution in [1.29, 1.82) is 0 Å². The fourth-order valence-corrected chi connectivity index (χ4v) is 5.39. The molecule has 0 radical (unpaired) electrons. The zero-order chi connectivity index (χ0) is 22.0. The molecule has 0 saturated carbocycles. The molecule has 1 atom stereocenters. The van der Waals surface area contributed by atoms with E-state index in [0.29, 0.717) is 57.4 Å². The second kappa shape index (κ2) is 8.93. The maximum Gasteiger partial charge on any atom is 0.414 e. The van der Waals surface area contributed by atoms with Crippen molar-refractivity contribution < 1.29 is 22.5 Å². The first-order chi connectivity index (χ1) is 14.9. The maximum absolute atomic E-state index is 12.4. The van der Waals surface area contributed by atoms with Crippen LogP contribution in [0.4, 0.5) is 10.5 Å². The smallest absolute Gasteiger partial charge is 0.414 e. The Kier molecular flexibility index (Phi) is 6.26. The van der Waals surface area contributed by atoms with Crippen LogP contribution in [0.15, 0.2) is 28.8 Å². The highest BCUT2D eigenvalue weighted by Crippen LogP contribution is 2.25. The number of aryl methyl sites for hydroxylation is 1. The number of nitrogens with zero attached hydrogens (tertiary/aromatic N) is 5. The van der Waals surface area contributed by atoms with E-state index in [9.17, 15) is 13.2 Å². The van der Waals surface area contributed by atoms with E-state index in [4.69, 9.17) is 9.26 Å². The molecule has 2 aromatic rings. The third-order valence-corrected chi connectivity index (χ3v) is 7.56. The average molecular weight is 450 g/mol. The van der Waals surface area contributed by atoms with E-state index in [1.807, 2.05) is 31.2 Å². The van der Waals surface area contributed by atoms with Crippen molar-refractivity contribution in [2.24, 2.45) is 0 Å². The van der Waals surface area contributed by atoms with Gasteiger partial charge in [0.2, 0.25) is 21.7 Å². The zero-order valence-corrected chi connectivity index (χ0v) is 18.5. The Labute approximate surface area is 181 Å². The van der Waals surface area contributed by atoms with Crippen LogP contribution in [0.5, 0.6) is 0 Å². The lowest BCUT2D eigenvalue weighted by molar-refractivity contribution is 0.0937. The van der Waals surface area contributed by atoms with E-state index in [-0.39, 0.29) is 18.0 Å². The second-order valence-corrected chi connectivity index (χ2v) is 9.90. The van der Waals surface area contributed by atoms with Gasteiger partial charge in [-0.05, 0) is 30.7 Å². The van der Waals surface area contributed by atoms with Gasteiger partial charge in [-0.1, -0.05) is 12.1 Å². The first kappa shape index (κ1) is 21.7. The second-order valence-electron chi connectivity index (χ2n) is 7.82. The molecule has 1 aromatic carbocycles. The van der Waals surface area contributed by atoms with Crippen molar-refractivity contribution in [1.82, 2.24) is 19.3 Å². The molecular weight excluding hydrogens is 422 g/mol. The Morgan fingerprint density at radius 3 is 2.45 bits per heavy atom. The van der Waals surface area contributed by atoms with Gasteiger partial charge in [0.15, 0.2) is 0 Å². The molecule has 1 unspecified atom stereocenters. The minimum Gasteiger partial charge on any atom is -0.443 e. The number of carbonyl (C=O) groups excluding carboxylic acids is 1. The molecule has 4 rings (SSSR count). The molecule has 1 aromatic heterocycles. The highest BCUT2D eigenvalue weighted by atomic mass is 32.2. The van der Waals surface area contributed by atoms with Crippen molar-refractivity contribution in [3.8, 4) is 11.4 Å². The van der Waals surface area contributed by atoms with Crippen molar-refractivity contribution in [2.45, 2.75) is 26.4 Å². The average Bonchev–Trinajstić information content (AvgIpc) is 3.34. The van der Waals surface area contributed by atoms with Crippen LogP contribution in [0.1, 0.15) is 19.2 Å². The number of benzene rings is 1. The summed E-state index contributed by atoms with van der Waals surface area (Å²) >= 11 is 0. The Balaban J connectivity index is 1.32. The number of hydrogen-bond acceptors (Lipinski definition) is 8. The molecule has 11 heteroatoms. The summed E-state index contributed by atoms with van der Waals surface area (Å²) in [4.78, 5) is 20.4. The summed E-state index contributed by atoms with van der Waals surface area (Å²) in [5.74, 6) is 1.19. The summed E-state index contributed by atoms with van der Waals surface area (Å²) in [5, 5.41) is 3.90. The molecule has 168 valence electrons. The minimum atomic E-state index is -3.16. The lowest BCUT2D eigenvalue weighted by Gasteiger charge is -2.34. The standard InChI is InChI=1S/C20H27N5O5S/c1-3-12-31(27,28)24-10-8-23(9-11-24)13-18-14-25(20(26)29-18)17-6-4-16(5-7-17)19-21-15(2)30-22-19/h4-7,18H,3,8-14H2,1-2H3. The van der Waals surface area contributed by atoms with Gasteiger partial charge in [0.25, 0.3) is 0 Å². The molecule has 1 amide bonds. The van der Waals surface area contributed by atoms with E-state index < -0.39 is 10.0 Å². The number of aromatic nitrogens is 2. The molecule has 2 aliphatic rings.